The standard InChI is InChI=1S/C24H38N2O4S/c1-24(2,3)30-23(28)26(4)21(17-31-16-19-9-7-6-8-10-19)22(27)25-15-18-11-13-20(29-5)14-12-18/h11-14,19,21H,6-10,15-17H2,1-5H3,(H,25,27). The largest absolute Gasteiger partial charge is 0.497 e. The fourth-order valence-corrected chi connectivity index (χ4v) is 4.98. The van der Waals surface area contributed by atoms with Gasteiger partial charge in [0, 0.05) is 19.3 Å². The van der Waals surface area contributed by atoms with Gasteiger partial charge in [-0.1, -0.05) is 31.4 Å². The highest BCUT2D eigenvalue weighted by Crippen LogP contribution is 2.27. The molecule has 0 aromatic heterocycles. The zero-order valence-electron chi connectivity index (χ0n) is 19.6. The molecule has 1 saturated carbocycles. The minimum absolute atomic E-state index is 0.166. The van der Waals surface area contributed by atoms with Crippen LogP contribution >= 0.6 is 11.8 Å². The lowest BCUT2D eigenvalue weighted by Crippen LogP contribution is -2.50. The Morgan fingerprint density at radius 2 is 1.81 bits per heavy atom. The van der Waals surface area contributed by atoms with E-state index in [0.29, 0.717) is 18.2 Å². The highest BCUT2D eigenvalue weighted by molar-refractivity contribution is 7.99. The summed E-state index contributed by atoms with van der Waals surface area (Å²) in [5, 5.41) is 2.98. The molecule has 2 rings (SSSR count). The quantitative estimate of drug-likeness (QED) is 0.582. The number of amides is 2. The Bertz CT molecular complexity index is 697. The topological polar surface area (TPSA) is 67.9 Å². The fraction of sp³-hybridized carbons (Fsp3) is 0.667. The van der Waals surface area contributed by atoms with Crippen molar-refractivity contribution in [2.24, 2.45) is 5.92 Å². The van der Waals surface area contributed by atoms with Crippen molar-refractivity contribution in [3.63, 3.8) is 0 Å². The number of likely N-dealkylation sites (N-methyl/N-ethyl adjacent to an activating group) is 1. The summed E-state index contributed by atoms with van der Waals surface area (Å²) in [4.78, 5) is 27.1. The molecule has 1 aliphatic carbocycles. The Labute approximate surface area is 191 Å². The van der Waals surface area contributed by atoms with Crippen molar-refractivity contribution in [3.05, 3.63) is 29.8 Å². The summed E-state index contributed by atoms with van der Waals surface area (Å²) in [6.07, 6.45) is 5.99. The van der Waals surface area contributed by atoms with E-state index in [1.807, 2.05) is 45.0 Å². The van der Waals surface area contributed by atoms with Crippen LogP contribution < -0.4 is 10.1 Å². The number of methoxy groups -OCH3 is 1. The molecule has 7 heteroatoms. The van der Waals surface area contributed by atoms with Crippen LogP contribution in [0.4, 0.5) is 4.79 Å². The van der Waals surface area contributed by atoms with E-state index in [1.165, 1.54) is 37.0 Å². The molecule has 1 aromatic rings. The Morgan fingerprint density at radius 1 is 1.16 bits per heavy atom. The number of carbonyl (C=O) groups is 2. The Balaban J connectivity index is 1.97. The minimum atomic E-state index is -0.606. The zero-order valence-corrected chi connectivity index (χ0v) is 20.4. The van der Waals surface area contributed by atoms with Crippen LogP contribution in [0.1, 0.15) is 58.4 Å². The third-order valence-corrected chi connectivity index (χ3v) is 6.69. The molecule has 0 bridgehead atoms. The molecule has 1 fully saturated rings. The summed E-state index contributed by atoms with van der Waals surface area (Å²) >= 11 is 1.76. The first-order valence-electron chi connectivity index (χ1n) is 11.1. The van der Waals surface area contributed by atoms with Crippen LogP contribution in [0.5, 0.6) is 5.75 Å². The first kappa shape index (κ1) is 25.4. The Morgan fingerprint density at radius 3 is 2.39 bits per heavy atom. The highest BCUT2D eigenvalue weighted by Gasteiger charge is 2.30. The summed E-state index contributed by atoms with van der Waals surface area (Å²) in [5.41, 5.74) is 0.368. The molecule has 0 heterocycles. The van der Waals surface area contributed by atoms with Crippen molar-refractivity contribution in [2.75, 3.05) is 25.7 Å². The second-order valence-corrected chi connectivity index (χ2v) is 10.3. The number of hydrogen-bond acceptors (Lipinski definition) is 5. The molecular weight excluding hydrogens is 412 g/mol. The van der Waals surface area contributed by atoms with Crippen molar-refractivity contribution < 1.29 is 19.1 Å². The summed E-state index contributed by atoms with van der Waals surface area (Å²) in [6, 6.07) is 6.99. The molecular formula is C24H38N2O4S. The van der Waals surface area contributed by atoms with Crippen LogP contribution in [0, 0.1) is 5.92 Å². The second-order valence-electron chi connectivity index (χ2n) is 9.21. The second kappa shape index (κ2) is 12.2. The number of rotatable bonds is 9. The molecule has 1 N–H and O–H groups in total. The molecule has 31 heavy (non-hydrogen) atoms. The van der Waals surface area contributed by atoms with Crippen LogP contribution in [-0.4, -0.2) is 54.2 Å². The number of benzene rings is 1. The van der Waals surface area contributed by atoms with Crippen molar-refractivity contribution in [1.82, 2.24) is 10.2 Å². The predicted octanol–water partition coefficient (Wildman–Crippen LogP) is 4.86. The van der Waals surface area contributed by atoms with Gasteiger partial charge in [0.2, 0.25) is 5.91 Å². The van der Waals surface area contributed by atoms with Crippen LogP contribution in [0.2, 0.25) is 0 Å². The molecule has 0 radical (unpaired) electrons. The Hall–Kier alpha value is -1.89. The van der Waals surface area contributed by atoms with Crippen molar-refractivity contribution >= 4 is 23.8 Å². The molecule has 0 spiro atoms. The predicted molar refractivity (Wildman–Crippen MR) is 127 cm³/mol. The molecule has 1 aromatic carbocycles. The first-order chi connectivity index (χ1) is 14.7. The Kier molecular flexibility index (Phi) is 10.0. The van der Waals surface area contributed by atoms with Gasteiger partial charge in [-0.15, -0.1) is 0 Å². The zero-order chi connectivity index (χ0) is 22.9. The molecule has 1 unspecified atom stereocenters. The van der Waals surface area contributed by atoms with Crippen LogP contribution in [0.25, 0.3) is 0 Å². The van der Waals surface area contributed by atoms with Gasteiger partial charge in [-0.2, -0.15) is 11.8 Å². The number of thioether (sulfide) groups is 1. The van der Waals surface area contributed by atoms with E-state index in [1.54, 1.807) is 25.9 Å². The number of hydrogen-bond donors (Lipinski definition) is 1. The smallest absolute Gasteiger partial charge is 0.410 e. The van der Waals surface area contributed by atoms with Crippen molar-refractivity contribution in [3.8, 4) is 5.75 Å². The van der Waals surface area contributed by atoms with Gasteiger partial charge < -0.3 is 14.8 Å². The first-order valence-corrected chi connectivity index (χ1v) is 12.3. The molecule has 174 valence electrons. The maximum absolute atomic E-state index is 13.0. The monoisotopic (exact) mass is 450 g/mol. The van der Waals surface area contributed by atoms with E-state index in [9.17, 15) is 9.59 Å². The lowest BCUT2D eigenvalue weighted by Gasteiger charge is -2.30. The molecule has 0 saturated heterocycles. The number of ether oxygens (including phenoxy) is 2. The lowest BCUT2D eigenvalue weighted by molar-refractivity contribution is -0.125. The third-order valence-electron chi connectivity index (χ3n) is 5.43. The van der Waals surface area contributed by atoms with E-state index < -0.39 is 17.7 Å². The van der Waals surface area contributed by atoms with Gasteiger partial charge in [0.1, 0.15) is 17.4 Å². The van der Waals surface area contributed by atoms with Crippen molar-refractivity contribution in [2.45, 2.75) is 71.1 Å². The summed E-state index contributed by atoms with van der Waals surface area (Å²) in [5.74, 6) is 2.91. The summed E-state index contributed by atoms with van der Waals surface area (Å²) in [6.45, 7) is 5.88. The van der Waals surface area contributed by atoms with Gasteiger partial charge in [0.15, 0.2) is 0 Å². The molecule has 6 nitrogen and oxygen atoms in total. The molecule has 1 aliphatic rings. The highest BCUT2D eigenvalue weighted by atomic mass is 32.2. The van der Waals surface area contributed by atoms with Crippen LogP contribution in [0.3, 0.4) is 0 Å². The SMILES string of the molecule is COc1ccc(CNC(=O)C(CSCC2CCCCC2)N(C)C(=O)OC(C)(C)C)cc1. The summed E-state index contributed by atoms with van der Waals surface area (Å²) in [7, 11) is 3.27. The lowest BCUT2D eigenvalue weighted by atomic mass is 9.91. The van der Waals surface area contributed by atoms with Gasteiger partial charge in [0.25, 0.3) is 0 Å². The molecule has 0 aliphatic heterocycles. The molecule has 2 amide bonds. The number of carbonyl (C=O) groups excluding carboxylic acids is 2. The number of nitrogens with one attached hydrogen (secondary N) is 1. The maximum Gasteiger partial charge on any atom is 0.410 e. The van der Waals surface area contributed by atoms with Gasteiger partial charge in [-0.3, -0.25) is 9.69 Å². The molecule has 1 atom stereocenters. The van der Waals surface area contributed by atoms with Crippen LogP contribution in [0.15, 0.2) is 24.3 Å². The van der Waals surface area contributed by atoms with E-state index in [4.69, 9.17) is 9.47 Å². The van der Waals surface area contributed by atoms with E-state index in [-0.39, 0.29) is 5.91 Å². The van der Waals surface area contributed by atoms with Gasteiger partial charge >= 0.3 is 6.09 Å². The van der Waals surface area contributed by atoms with Gasteiger partial charge in [-0.25, -0.2) is 4.79 Å². The number of nitrogens with zero attached hydrogens (tertiary/aromatic N) is 1. The average molecular weight is 451 g/mol. The van der Waals surface area contributed by atoms with Crippen LogP contribution in [-0.2, 0) is 16.1 Å². The average Bonchev–Trinajstić information content (AvgIpc) is 2.74. The van der Waals surface area contributed by atoms with Gasteiger partial charge in [0.05, 0.1) is 7.11 Å². The van der Waals surface area contributed by atoms with Crippen molar-refractivity contribution in [1.29, 1.82) is 0 Å². The third kappa shape index (κ3) is 9.01. The van der Waals surface area contributed by atoms with E-state index in [2.05, 4.69) is 5.32 Å². The fourth-order valence-electron chi connectivity index (χ4n) is 3.58. The normalized spacial score (nSPS) is 15.8. The minimum Gasteiger partial charge on any atom is -0.497 e. The van der Waals surface area contributed by atoms with E-state index >= 15 is 0 Å². The van der Waals surface area contributed by atoms with Gasteiger partial charge in [-0.05, 0) is 63.0 Å². The summed E-state index contributed by atoms with van der Waals surface area (Å²) < 4.78 is 10.7. The maximum atomic E-state index is 13.0. The van der Waals surface area contributed by atoms with E-state index in [0.717, 1.165) is 17.1 Å².